The smallest absolute Gasteiger partial charge is 0.321 e. The molecule has 0 radical (unpaired) electrons. The predicted octanol–water partition coefficient (Wildman–Crippen LogP) is 2.32. The fourth-order valence-corrected chi connectivity index (χ4v) is 3.16. The van der Waals surface area contributed by atoms with Crippen LogP contribution < -0.4 is 20.1 Å². The highest BCUT2D eigenvalue weighted by Crippen LogP contribution is 2.38. The van der Waals surface area contributed by atoms with Crippen molar-refractivity contribution >= 4 is 11.9 Å². The molecule has 0 saturated carbocycles. The van der Waals surface area contributed by atoms with Crippen molar-refractivity contribution in [1.82, 2.24) is 15.5 Å². The molecule has 0 aromatic heterocycles. The monoisotopic (exact) mass is 363 g/mol. The molecule has 7 nitrogen and oxygen atoms in total. The minimum Gasteiger partial charge on any atom is -0.497 e. The first kappa shape index (κ1) is 20.0. The van der Waals surface area contributed by atoms with Crippen molar-refractivity contribution in [3.63, 3.8) is 0 Å². The zero-order chi connectivity index (χ0) is 19.1. The highest BCUT2D eigenvalue weighted by molar-refractivity contribution is 5.95. The second-order valence-corrected chi connectivity index (χ2v) is 6.89. The van der Waals surface area contributed by atoms with Crippen LogP contribution in [0.1, 0.15) is 38.3 Å². The molecule has 1 aromatic carbocycles. The third-order valence-corrected chi connectivity index (χ3v) is 4.43. The maximum atomic E-state index is 12.2. The molecule has 1 aliphatic rings. The molecule has 26 heavy (non-hydrogen) atoms. The Morgan fingerprint density at radius 3 is 2.69 bits per heavy atom. The number of nitrogens with one attached hydrogen (secondary N) is 2. The van der Waals surface area contributed by atoms with Crippen LogP contribution in [0.25, 0.3) is 0 Å². The van der Waals surface area contributed by atoms with Gasteiger partial charge in [0, 0.05) is 18.2 Å². The Balaban J connectivity index is 2.02. The van der Waals surface area contributed by atoms with Gasteiger partial charge in [0.2, 0.25) is 5.91 Å². The highest BCUT2D eigenvalue weighted by atomic mass is 16.5. The fourth-order valence-electron chi connectivity index (χ4n) is 3.16. The van der Waals surface area contributed by atoms with Gasteiger partial charge in [-0.1, -0.05) is 13.8 Å². The fraction of sp³-hybridized carbons (Fsp3) is 0.579. The number of carbonyl (C=O) groups excluding carboxylic acids is 2. The van der Waals surface area contributed by atoms with Crippen LogP contribution in [0.15, 0.2) is 18.2 Å². The standard InChI is InChI=1S/C19H29N3O4/c1-13(2)11-20-19(24)21-18(23)12-22-9-5-6-16(22)15-10-14(25-3)7-8-17(15)26-4/h7-8,10,13,16H,5-6,9,11-12H2,1-4H3,(H2,20,21,23,24)/t16-/m0/s1. The second kappa shape index (κ2) is 9.43. The van der Waals surface area contributed by atoms with E-state index in [0.29, 0.717) is 12.5 Å². The first-order chi connectivity index (χ1) is 12.4. The Labute approximate surface area is 155 Å². The summed E-state index contributed by atoms with van der Waals surface area (Å²) in [5.74, 6) is 1.56. The van der Waals surface area contributed by atoms with Gasteiger partial charge in [-0.05, 0) is 43.5 Å². The molecule has 0 aliphatic carbocycles. The number of benzene rings is 1. The van der Waals surface area contributed by atoms with Crippen molar-refractivity contribution < 1.29 is 19.1 Å². The molecule has 1 saturated heterocycles. The third-order valence-electron chi connectivity index (χ3n) is 4.43. The number of amides is 3. The van der Waals surface area contributed by atoms with E-state index in [1.807, 2.05) is 32.0 Å². The predicted molar refractivity (Wildman–Crippen MR) is 99.5 cm³/mol. The van der Waals surface area contributed by atoms with Crippen LogP contribution in [0.4, 0.5) is 4.79 Å². The van der Waals surface area contributed by atoms with Gasteiger partial charge in [-0.25, -0.2) is 4.79 Å². The maximum absolute atomic E-state index is 12.2. The summed E-state index contributed by atoms with van der Waals surface area (Å²) in [5.41, 5.74) is 1.00. The zero-order valence-electron chi connectivity index (χ0n) is 16.0. The molecule has 144 valence electrons. The Bertz CT molecular complexity index is 633. The number of ether oxygens (including phenoxy) is 2. The van der Waals surface area contributed by atoms with Gasteiger partial charge >= 0.3 is 6.03 Å². The minimum atomic E-state index is -0.446. The van der Waals surface area contributed by atoms with E-state index in [2.05, 4.69) is 15.5 Å². The molecular formula is C19H29N3O4. The number of nitrogens with zero attached hydrogens (tertiary/aromatic N) is 1. The molecule has 1 fully saturated rings. The van der Waals surface area contributed by atoms with Crippen LogP contribution in [0.2, 0.25) is 0 Å². The normalized spacial score (nSPS) is 17.2. The average molecular weight is 363 g/mol. The van der Waals surface area contributed by atoms with Crippen molar-refractivity contribution in [2.45, 2.75) is 32.7 Å². The van der Waals surface area contributed by atoms with E-state index < -0.39 is 6.03 Å². The minimum absolute atomic E-state index is 0.0597. The molecule has 3 amide bonds. The molecule has 2 rings (SSSR count). The van der Waals surface area contributed by atoms with Crippen molar-refractivity contribution in [2.75, 3.05) is 33.9 Å². The molecular weight excluding hydrogens is 334 g/mol. The van der Waals surface area contributed by atoms with Gasteiger partial charge in [-0.3, -0.25) is 15.0 Å². The molecule has 1 aliphatic heterocycles. The lowest BCUT2D eigenvalue weighted by molar-refractivity contribution is -0.121. The lowest BCUT2D eigenvalue weighted by atomic mass is 10.0. The number of hydrogen-bond donors (Lipinski definition) is 2. The quantitative estimate of drug-likeness (QED) is 0.777. The summed E-state index contributed by atoms with van der Waals surface area (Å²) in [6.07, 6.45) is 1.91. The van der Waals surface area contributed by atoms with E-state index in [1.165, 1.54) is 0 Å². The molecule has 0 unspecified atom stereocenters. The molecule has 7 heteroatoms. The molecule has 0 bridgehead atoms. The van der Waals surface area contributed by atoms with Gasteiger partial charge in [-0.15, -0.1) is 0 Å². The zero-order valence-corrected chi connectivity index (χ0v) is 16.0. The van der Waals surface area contributed by atoms with Crippen molar-refractivity contribution in [2.24, 2.45) is 5.92 Å². The van der Waals surface area contributed by atoms with E-state index in [9.17, 15) is 9.59 Å². The highest BCUT2D eigenvalue weighted by Gasteiger charge is 2.30. The van der Waals surface area contributed by atoms with Crippen LogP contribution >= 0.6 is 0 Å². The number of imide groups is 1. The maximum Gasteiger partial charge on any atom is 0.321 e. The molecule has 1 aromatic rings. The van der Waals surface area contributed by atoms with Gasteiger partial charge in [0.1, 0.15) is 11.5 Å². The van der Waals surface area contributed by atoms with E-state index in [4.69, 9.17) is 9.47 Å². The second-order valence-electron chi connectivity index (χ2n) is 6.89. The third kappa shape index (κ3) is 5.36. The van der Waals surface area contributed by atoms with Gasteiger partial charge in [0.05, 0.1) is 20.8 Å². The summed E-state index contributed by atoms with van der Waals surface area (Å²) in [6, 6.07) is 5.30. The number of hydrogen-bond acceptors (Lipinski definition) is 5. The summed E-state index contributed by atoms with van der Waals surface area (Å²) in [7, 11) is 3.26. The van der Waals surface area contributed by atoms with Crippen molar-refractivity contribution in [1.29, 1.82) is 0 Å². The topological polar surface area (TPSA) is 79.9 Å². The van der Waals surface area contributed by atoms with Crippen LogP contribution in [-0.4, -0.2) is 50.7 Å². The largest absolute Gasteiger partial charge is 0.497 e. The Morgan fingerprint density at radius 2 is 2.04 bits per heavy atom. The van der Waals surface area contributed by atoms with Crippen LogP contribution in [0, 0.1) is 5.92 Å². The van der Waals surface area contributed by atoms with Gasteiger partial charge in [0.15, 0.2) is 0 Å². The Hall–Kier alpha value is -2.28. The Kier molecular flexibility index (Phi) is 7.26. The number of urea groups is 1. The van der Waals surface area contributed by atoms with Crippen LogP contribution in [0.3, 0.4) is 0 Å². The van der Waals surface area contributed by atoms with Gasteiger partial charge in [0.25, 0.3) is 0 Å². The molecule has 0 spiro atoms. The number of rotatable bonds is 7. The summed E-state index contributed by atoms with van der Waals surface area (Å²) < 4.78 is 10.8. The molecule has 1 heterocycles. The Morgan fingerprint density at radius 1 is 1.27 bits per heavy atom. The van der Waals surface area contributed by atoms with Crippen molar-refractivity contribution in [3.8, 4) is 11.5 Å². The summed E-state index contributed by atoms with van der Waals surface area (Å²) in [4.78, 5) is 26.1. The average Bonchev–Trinajstić information content (AvgIpc) is 3.07. The first-order valence-corrected chi connectivity index (χ1v) is 8.98. The van der Waals surface area contributed by atoms with Crippen LogP contribution in [0.5, 0.6) is 11.5 Å². The lowest BCUT2D eigenvalue weighted by Crippen LogP contribution is -2.45. The van der Waals surface area contributed by atoms with E-state index in [1.54, 1.807) is 14.2 Å². The first-order valence-electron chi connectivity index (χ1n) is 8.98. The van der Waals surface area contributed by atoms with E-state index in [0.717, 1.165) is 36.4 Å². The van der Waals surface area contributed by atoms with Gasteiger partial charge < -0.3 is 14.8 Å². The summed E-state index contributed by atoms with van der Waals surface area (Å²) >= 11 is 0. The number of carbonyl (C=O) groups is 2. The lowest BCUT2D eigenvalue weighted by Gasteiger charge is -2.25. The summed E-state index contributed by atoms with van der Waals surface area (Å²) in [6.45, 7) is 5.50. The molecule has 2 N–H and O–H groups in total. The number of likely N-dealkylation sites (tertiary alicyclic amines) is 1. The van der Waals surface area contributed by atoms with E-state index in [-0.39, 0.29) is 18.5 Å². The van der Waals surface area contributed by atoms with Gasteiger partial charge in [-0.2, -0.15) is 0 Å². The SMILES string of the molecule is COc1ccc(OC)c([C@@H]2CCCN2CC(=O)NC(=O)NCC(C)C)c1. The number of methoxy groups -OCH3 is 2. The van der Waals surface area contributed by atoms with Crippen molar-refractivity contribution in [3.05, 3.63) is 23.8 Å². The molecule has 1 atom stereocenters. The summed E-state index contributed by atoms with van der Waals surface area (Å²) in [5, 5.41) is 5.09. The van der Waals surface area contributed by atoms with Crippen LogP contribution in [-0.2, 0) is 4.79 Å². The van der Waals surface area contributed by atoms with E-state index >= 15 is 0 Å².